The smallest absolute Gasteiger partial charge is 0.197 e. The van der Waals surface area contributed by atoms with Crippen molar-refractivity contribution in [2.75, 3.05) is 12.9 Å². The number of H-pyrrole nitrogens is 1. The number of thioether (sulfide) groups is 1. The number of rotatable bonds is 7. The van der Waals surface area contributed by atoms with Gasteiger partial charge >= 0.3 is 0 Å². The molecule has 0 aliphatic heterocycles. The Kier molecular flexibility index (Phi) is 5.52. The zero-order chi connectivity index (χ0) is 16.9. The van der Waals surface area contributed by atoms with Gasteiger partial charge in [-0.1, -0.05) is 6.92 Å². The summed E-state index contributed by atoms with van der Waals surface area (Å²) in [5, 5.41) is 0.467. The standard InChI is InChI=1S/C17H19N3O2S2/c1-3-8-22-13-4-5-15-16(10-13)20-17(19-15)24(21)11-12-9-14(23-2)6-7-18-12/h4-7,9-10H,3,8,11H2,1-2H3,(H,19,20). The van der Waals surface area contributed by atoms with E-state index in [0.717, 1.165) is 33.8 Å². The molecule has 0 radical (unpaired) electrons. The van der Waals surface area contributed by atoms with E-state index in [9.17, 15) is 4.21 Å². The maximum absolute atomic E-state index is 12.6. The number of hydrogen-bond donors (Lipinski definition) is 1. The normalized spacial score (nSPS) is 12.4. The summed E-state index contributed by atoms with van der Waals surface area (Å²) in [4.78, 5) is 13.0. The Balaban J connectivity index is 1.79. The summed E-state index contributed by atoms with van der Waals surface area (Å²) in [6, 6.07) is 9.56. The number of hydrogen-bond acceptors (Lipinski definition) is 5. The third-order valence-corrected chi connectivity index (χ3v) is 5.33. The van der Waals surface area contributed by atoms with E-state index >= 15 is 0 Å². The lowest BCUT2D eigenvalue weighted by molar-refractivity contribution is 0.318. The molecule has 1 aromatic carbocycles. The first-order valence-corrected chi connectivity index (χ1v) is 10.2. The first kappa shape index (κ1) is 17.0. The van der Waals surface area contributed by atoms with Crippen molar-refractivity contribution in [3.8, 4) is 5.75 Å². The fraction of sp³-hybridized carbons (Fsp3) is 0.294. The Morgan fingerprint density at radius 1 is 1.29 bits per heavy atom. The van der Waals surface area contributed by atoms with Gasteiger partial charge in [-0.2, -0.15) is 0 Å². The van der Waals surface area contributed by atoms with Gasteiger partial charge in [0.25, 0.3) is 0 Å². The van der Waals surface area contributed by atoms with E-state index in [2.05, 4.69) is 21.9 Å². The number of aromatic amines is 1. The van der Waals surface area contributed by atoms with Crippen molar-refractivity contribution in [2.45, 2.75) is 29.1 Å². The zero-order valence-electron chi connectivity index (χ0n) is 13.6. The van der Waals surface area contributed by atoms with Crippen LogP contribution in [0, 0.1) is 0 Å². The molecule has 0 bridgehead atoms. The Hall–Kier alpha value is -1.86. The molecule has 0 fully saturated rings. The van der Waals surface area contributed by atoms with Crippen LogP contribution in [0.3, 0.4) is 0 Å². The Morgan fingerprint density at radius 3 is 2.96 bits per heavy atom. The van der Waals surface area contributed by atoms with Crippen LogP contribution in [0.15, 0.2) is 46.6 Å². The molecule has 1 atom stereocenters. The number of imidazole rings is 1. The van der Waals surface area contributed by atoms with Crippen molar-refractivity contribution in [1.82, 2.24) is 15.0 Å². The van der Waals surface area contributed by atoms with Gasteiger partial charge in [0.1, 0.15) is 5.75 Å². The molecular weight excluding hydrogens is 342 g/mol. The van der Waals surface area contributed by atoms with E-state index in [0.29, 0.717) is 17.5 Å². The lowest BCUT2D eigenvalue weighted by Crippen LogP contribution is -2.00. The molecule has 1 N–H and O–H groups in total. The number of pyridine rings is 1. The molecule has 126 valence electrons. The lowest BCUT2D eigenvalue weighted by Gasteiger charge is -2.03. The molecule has 0 saturated carbocycles. The molecule has 1 unspecified atom stereocenters. The SMILES string of the molecule is CCCOc1ccc2nc(S(=O)Cc3cc(SC)ccn3)[nH]c2c1. The van der Waals surface area contributed by atoms with Crippen molar-refractivity contribution >= 4 is 33.6 Å². The summed E-state index contributed by atoms with van der Waals surface area (Å²) >= 11 is 1.64. The van der Waals surface area contributed by atoms with Gasteiger partial charge in [-0.15, -0.1) is 11.8 Å². The molecular formula is C17H19N3O2S2. The first-order valence-electron chi connectivity index (χ1n) is 7.69. The number of nitrogens with one attached hydrogen (secondary N) is 1. The van der Waals surface area contributed by atoms with E-state index < -0.39 is 10.8 Å². The average Bonchev–Trinajstić information content (AvgIpc) is 3.03. The topological polar surface area (TPSA) is 67.9 Å². The summed E-state index contributed by atoms with van der Waals surface area (Å²) in [6.45, 7) is 2.74. The van der Waals surface area contributed by atoms with E-state index in [1.165, 1.54) is 0 Å². The maximum Gasteiger partial charge on any atom is 0.197 e. The van der Waals surface area contributed by atoms with Crippen LogP contribution in [-0.4, -0.2) is 32.0 Å². The summed E-state index contributed by atoms with van der Waals surface area (Å²) in [7, 11) is -1.27. The Morgan fingerprint density at radius 2 is 2.17 bits per heavy atom. The minimum absolute atomic E-state index is 0.341. The minimum atomic E-state index is -1.27. The summed E-state index contributed by atoms with van der Waals surface area (Å²) < 4.78 is 18.2. The molecule has 0 aliphatic carbocycles. The average molecular weight is 361 g/mol. The molecule has 24 heavy (non-hydrogen) atoms. The lowest BCUT2D eigenvalue weighted by atomic mass is 10.3. The highest BCUT2D eigenvalue weighted by Gasteiger charge is 2.12. The van der Waals surface area contributed by atoms with Gasteiger partial charge in [0, 0.05) is 17.2 Å². The molecule has 0 amide bonds. The number of aromatic nitrogens is 3. The fourth-order valence-corrected chi connectivity index (χ4v) is 3.69. The van der Waals surface area contributed by atoms with E-state index in [4.69, 9.17) is 4.74 Å². The predicted molar refractivity (Wildman–Crippen MR) is 98.0 cm³/mol. The minimum Gasteiger partial charge on any atom is -0.494 e. The molecule has 7 heteroatoms. The van der Waals surface area contributed by atoms with Gasteiger partial charge in [-0.3, -0.25) is 9.19 Å². The Labute approximate surface area is 147 Å². The summed E-state index contributed by atoms with van der Waals surface area (Å²) in [5.41, 5.74) is 2.42. The molecule has 2 heterocycles. The number of benzene rings is 1. The molecule has 2 aromatic heterocycles. The fourth-order valence-electron chi connectivity index (χ4n) is 2.25. The highest BCUT2D eigenvalue weighted by molar-refractivity contribution is 7.98. The molecule has 0 aliphatic rings. The third-order valence-electron chi connectivity index (χ3n) is 3.42. The van der Waals surface area contributed by atoms with Gasteiger partial charge in [0.2, 0.25) is 0 Å². The van der Waals surface area contributed by atoms with Gasteiger partial charge in [-0.05, 0) is 36.9 Å². The molecule has 0 spiro atoms. The van der Waals surface area contributed by atoms with Crippen molar-refractivity contribution in [3.63, 3.8) is 0 Å². The molecule has 3 aromatic rings. The van der Waals surface area contributed by atoms with Crippen LogP contribution in [0.25, 0.3) is 11.0 Å². The van der Waals surface area contributed by atoms with Gasteiger partial charge in [0.15, 0.2) is 5.16 Å². The number of nitrogens with zero attached hydrogens (tertiary/aromatic N) is 2. The Bertz CT molecular complexity index is 864. The molecule has 3 rings (SSSR count). The van der Waals surface area contributed by atoms with E-state index in [1.807, 2.05) is 36.6 Å². The predicted octanol–water partition coefficient (Wildman–Crippen LogP) is 3.78. The monoisotopic (exact) mass is 361 g/mol. The van der Waals surface area contributed by atoms with Crippen LogP contribution in [0.1, 0.15) is 19.0 Å². The van der Waals surface area contributed by atoms with Gasteiger partial charge < -0.3 is 9.72 Å². The van der Waals surface area contributed by atoms with Crippen LogP contribution in [0.2, 0.25) is 0 Å². The zero-order valence-corrected chi connectivity index (χ0v) is 15.2. The molecule has 0 saturated heterocycles. The van der Waals surface area contributed by atoms with Crippen LogP contribution >= 0.6 is 11.8 Å². The largest absolute Gasteiger partial charge is 0.494 e. The third kappa shape index (κ3) is 3.96. The summed E-state index contributed by atoms with van der Waals surface area (Å²) in [5.74, 6) is 1.13. The highest BCUT2D eigenvalue weighted by Crippen LogP contribution is 2.21. The van der Waals surface area contributed by atoms with Gasteiger partial charge in [-0.25, -0.2) is 4.98 Å². The quantitative estimate of drug-likeness (QED) is 0.649. The van der Waals surface area contributed by atoms with Gasteiger partial charge in [0.05, 0.1) is 39.9 Å². The highest BCUT2D eigenvalue weighted by atomic mass is 32.2. The van der Waals surface area contributed by atoms with Crippen molar-refractivity contribution in [2.24, 2.45) is 0 Å². The van der Waals surface area contributed by atoms with Crippen molar-refractivity contribution < 1.29 is 8.95 Å². The van der Waals surface area contributed by atoms with E-state index in [1.54, 1.807) is 18.0 Å². The number of ether oxygens (including phenoxy) is 1. The number of fused-ring (bicyclic) bond motifs is 1. The second-order valence-electron chi connectivity index (χ2n) is 5.25. The molecule has 5 nitrogen and oxygen atoms in total. The first-order chi connectivity index (χ1) is 11.7. The summed E-state index contributed by atoms with van der Waals surface area (Å²) in [6.07, 6.45) is 4.71. The van der Waals surface area contributed by atoms with Crippen molar-refractivity contribution in [3.05, 3.63) is 42.2 Å². The van der Waals surface area contributed by atoms with Crippen LogP contribution in [0.4, 0.5) is 0 Å². The maximum atomic E-state index is 12.6. The van der Waals surface area contributed by atoms with E-state index in [-0.39, 0.29) is 0 Å². The van der Waals surface area contributed by atoms with Crippen LogP contribution in [0.5, 0.6) is 5.75 Å². The second kappa shape index (κ2) is 7.81. The second-order valence-corrected chi connectivity index (χ2v) is 7.49. The van der Waals surface area contributed by atoms with Crippen LogP contribution < -0.4 is 4.74 Å². The van der Waals surface area contributed by atoms with Crippen molar-refractivity contribution in [1.29, 1.82) is 0 Å². The van der Waals surface area contributed by atoms with Crippen LogP contribution in [-0.2, 0) is 16.6 Å².